The van der Waals surface area contributed by atoms with E-state index in [1.807, 2.05) is 0 Å². The molecule has 0 N–H and O–H groups in total. The average Bonchev–Trinajstić information content (AvgIpc) is 3.53. The SMILES string of the molecule is c1ccc(-c2ccc(N(c3ccccc3)c3cc4ccccc4c4c3c3cccc(-c5ccccc5)c3n4-c3ccccc3)cc2)cc1. The molecule has 0 bridgehead atoms. The highest BCUT2D eigenvalue weighted by atomic mass is 15.1. The molecule has 2 nitrogen and oxygen atoms in total. The van der Waals surface area contributed by atoms with E-state index >= 15 is 0 Å². The maximum atomic E-state index is 2.49. The molecule has 0 radical (unpaired) electrons. The van der Waals surface area contributed by atoms with E-state index in [9.17, 15) is 0 Å². The maximum absolute atomic E-state index is 2.49. The summed E-state index contributed by atoms with van der Waals surface area (Å²) < 4.78 is 2.49. The highest BCUT2D eigenvalue weighted by Crippen LogP contribution is 2.48. The van der Waals surface area contributed by atoms with Crippen LogP contribution in [0.3, 0.4) is 0 Å². The van der Waals surface area contributed by atoms with Crippen LogP contribution in [0.1, 0.15) is 0 Å². The lowest BCUT2D eigenvalue weighted by atomic mass is 9.99. The van der Waals surface area contributed by atoms with Gasteiger partial charge in [0.1, 0.15) is 0 Å². The van der Waals surface area contributed by atoms with Gasteiger partial charge in [-0.3, -0.25) is 0 Å². The highest BCUT2D eigenvalue weighted by molar-refractivity contribution is 6.26. The van der Waals surface area contributed by atoms with Gasteiger partial charge in [0.05, 0.1) is 16.7 Å². The summed E-state index contributed by atoms with van der Waals surface area (Å²) in [5, 5.41) is 4.87. The van der Waals surface area contributed by atoms with Gasteiger partial charge in [0, 0.05) is 38.8 Å². The van der Waals surface area contributed by atoms with Gasteiger partial charge in [-0.05, 0) is 64.5 Å². The van der Waals surface area contributed by atoms with E-state index in [4.69, 9.17) is 0 Å². The van der Waals surface area contributed by atoms with Gasteiger partial charge in [-0.15, -0.1) is 0 Å². The minimum atomic E-state index is 1.11. The van der Waals surface area contributed by atoms with Crippen LogP contribution in [0.25, 0.3) is 60.5 Å². The molecule has 0 amide bonds. The summed E-state index contributed by atoms with van der Waals surface area (Å²) in [4.78, 5) is 2.42. The normalized spacial score (nSPS) is 11.3. The zero-order valence-electron chi connectivity index (χ0n) is 26.4. The number of nitrogens with zero attached hydrogens (tertiary/aromatic N) is 2. The van der Waals surface area contributed by atoms with Crippen LogP contribution >= 0.6 is 0 Å². The third kappa shape index (κ3) is 4.66. The fourth-order valence-electron chi connectivity index (χ4n) is 7.21. The van der Waals surface area contributed by atoms with Crippen LogP contribution in [-0.2, 0) is 0 Å². The Hall–Kier alpha value is -6.38. The molecule has 9 rings (SSSR count). The molecule has 0 unspecified atom stereocenters. The third-order valence-electron chi connectivity index (χ3n) is 9.34. The Morgan fingerprint density at radius 3 is 1.62 bits per heavy atom. The van der Waals surface area contributed by atoms with Crippen molar-refractivity contribution in [3.63, 3.8) is 0 Å². The van der Waals surface area contributed by atoms with Gasteiger partial charge in [-0.25, -0.2) is 0 Å². The van der Waals surface area contributed by atoms with Crippen molar-refractivity contribution in [2.24, 2.45) is 0 Å². The van der Waals surface area contributed by atoms with Crippen molar-refractivity contribution >= 4 is 49.6 Å². The zero-order valence-corrected chi connectivity index (χ0v) is 26.4. The van der Waals surface area contributed by atoms with E-state index in [-0.39, 0.29) is 0 Å². The second-order valence-electron chi connectivity index (χ2n) is 12.2. The lowest BCUT2D eigenvalue weighted by Crippen LogP contribution is -2.10. The van der Waals surface area contributed by atoms with E-state index in [1.54, 1.807) is 0 Å². The largest absolute Gasteiger partial charge is 0.310 e. The first-order valence-corrected chi connectivity index (χ1v) is 16.5. The van der Waals surface area contributed by atoms with Crippen molar-refractivity contribution < 1.29 is 0 Å². The number of hydrogen-bond acceptors (Lipinski definition) is 1. The summed E-state index contributed by atoms with van der Waals surface area (Å²) in [7, 11) is 0. The molecule has 2 heteroatoms. The molecule has 0 atom stereocenters. The minimum absolute atomic E-state index is 1.11. The zero-order chi connectivity index (χ0) is 31.9. The average molecular weight is 613 g/mol. The first kappa shape index (κ1) is 27.9. The van der Waals surface area contributed by atoms with E-state index in [1.165, 1.54) is 54.8 Å². The predicted octanol–water partition coefficient (Wildman–Crippen LogP) is 12.7. The van der Waals surface area contributed by atoms with Gasteiger partial charge in [0.25, 0.3) is 0 Å². The standard InChI is InChI=1S/C46H32N2/c1-5-16-33(17-6-1)34-28-30-39(31-29-34)47(37-21-9-3-10-22-37)43-32-36-20-13-14-25-41(36)46-44(43)42-27-15-26-40(35-18-7-2-8-19-35)45(42)48(46)38-23-11-4-12-24-38/h1-32H. The highest BCUT2D eigenvalue weighted by Gasteiger charge is 2.25. The van der Waals surface area contributed by atoms with Crippen LogP contribution in [0.5, 0.6) is 0 Å². The summed E-state index contributed by atoms with van der Waals surface area (Å²) >= 11 is 0. The summed E-state index contributed by atoms with van der Waals surface area (Å²) in [6, 6.07) is 69.8. The van der Waals surface area contributed by atoms with Gasteiger partial charge >= 0.3 is 0 Å². The Bertz CT molecular complexity index is 2520. The Morgan fingerprint density at radius 2 is 0.917 bits per heavy atom. The Morgan fingerprint density at radius 1 is 0.375 bits per heavy atom. The molecule has 0 aliphatic carbocycles. The van der Waals surface area contributed by atoms with Crippen molar-refractivity contribution in [2.75, 3.05) is 4.90 Å². The number of aromatic nitrogens is 1. The number of para-hydroxylation sites is 3. The Kier molecular flexibility index (Phi) is 6.84. The van der Waals surface area contributed by atoms with Crippen LogP contribution in [0.4, 0.5) is 17.1 Å². The predicted molar refractivity (Wildman–Crippen MR) is 204 cm³/mol. The summed E-state index contributed by atoms with van der Waals surface area (Å²) in [6.07, 6.45) is 0. The number of fused-ring (bicyclic) bond motifs is 5. The van der Waals surface area contributed by atoms with Gasteiger partial charge in [-0.2, -0.15) is 0 Å². The smallest absolute Gasteiger partial charge is 0.0640 e. The molecule has 1 heterocycles. The quantitative estimate of drug-likeness (QED) is 0.181. The second-order valence-corrected chi connectivity index (χ2v) is 12.2. The van der Waals surface area contributed by atoms with Crippen LogP contribution in [-0.4, -0.2) is 4.57 Å². The van der Waals surface area contributed by atoms with E-state index in [2.05, 4.69) is 204 Å². The van der Waals surface area contributed by atoms with Crippen LogP contribution < -0.4 is 4.90 Å². The lowest BCUT2D eigenvalue weighted by Gasteiger charge is -2.27. The van der Waals surface area contributed by atoms with Gasteiger partial charge < -0.3 is 9.47 Å². The van der Waals surface area contributed by atoms with Crippen molar-refractivity contribution in [2.45, 2.75) is 0 Å². The molecule has 48 heavy (non-hydrogen) atoms. The van der Waals surface area contributed by atoms with Crippen LogP contribution in [0.15, 0.2) is 194 Å². The number of hydrogen-bond donors (Lipinski definition) is 0. The molecular formula is C46H32N2. The fourth-order valence-corrected chi connectivity index (χ4v) is 7.21. The molecule has 0 spiro atoms. The Labute approximate surface area is 280 Å². The molecule has 0 aliphatic rings. The topological polar surface area (TPSA) is 8.17 Å². The molecule has 8 aromatic carbocycles. The summed E-state index contributed by atoms with van der Waals surface area (Å²) in [5.74, 6) is 0. The third-order valence-corrected chi connectivity index (χ3v) is 9.34. The van der Waals surface area contributed by atoms with Crippen molar-refractivity contribution in [3.8, 4) is 27.9 Å². The number of rotatable bonds is 6. The van der Waals surface area contributed by atoms with Crippen molar-refractivity contribution in [3.05, 3.63) is 194 Å². The van der Waals surface area contributed by atoms with Gasteiger partial charge in [-0.1, -0.05) is 152 Å². The van der Waals surface area contributed by atoms with Gasteiger partial charge in [0.15, 0.2) is 0 Å². The monoisotopic (exact) mass is 612 g/mol. The first-order chi connectivity index (χ1) is 23.8. The van der Waals surface area contributed by atoms with Crippen LogP contribution in [0.2, 0.25) is 0 Å². The number of anilines is 3. The second kappa shape index (κ2) is 11.8. The molecule has 0 fully saturated rings. The van der Waals surface area contributed by atoms with Gasteiger partial charge in [0.2, 0.25) is 0 Å². The molecule has 0 saturated carbocycles. The van der Waals surface area contributed by atoms with E-state index < -0.39 is 0 Å². The molecule has 1 aromatic heterocycles. The summed E-state index contributed by atoms with van der Waals surface area (Å²) in [6.45, 7) is 0. The maximum Gasteiger partial charge on any atom is 0.0640 e. The number of benzene rings is 8. The molecule has 226 valence electrons. The minimum Gasteiger partial charge on any atom is -0.310 e. The molecule has 0 aliphatic heterocycles. The van der Waals surface area contributed by atoms with E-state index in [0.29, 0.717) is 0 Å². The molecular weight excluding hydrogens is 581 g/mol. The lowest BCUT2D eigenvalue weighted by molar-refractivity contribution is 1.19. The molecule has 9 aromatic rings. The van der Waals surface area contributed by atoms with Crippen molar-refractivity contribution in [1.82, 2.24) is 4.57 Å². The first-order valence-electron chi connectivity index (χ1n) is 16.5. The Balaban J connectivity index is 1.42. The van der Waals surface area contributed by atoms with Crippen LogP contribution in [0, 0.1) is 0 Å². The molecule has 0 saturated heterocycles. The fraction of sp³-hybridized carbons (Fsp3) is 0. The summed E-state index contributed by atoms with van der Waals surface area (Å²) in [5.41, 5.74) is 11.7. The van der Waals surface area contributed by atoms with E-state index in [0.717, 1.165) is 22.7 Å². The van der Waals surface area contributed by atoms with Crippen molar-refractivity contribution in [1.29, 1.82) is 0 Å².